The van der Waals surface area contributed by atoms with Gasteiger partial charge in [0.1, 0.15) is 0 Å². The van der Waals surface area contributed by atoms with Crippen molar-refractivity contribution in [1.29, 1.82) is 0 Å². The van der Waals surface area contributed by atoms with Gasteiger partial charge in [0.05, 0.1) is 24.7 Å². The van der Waals surface area contributed by atoms with Crippen LogP contribution >= 0.6 is 11.8 Å². The van der Waals surface area contributed by atoms with E-state index in [2.05, 4.69) is 34.4 Å². The van der Waals surface area contributed by atoms with Gasteiger partial charge in [-0.15, -0.1) is 11.8 Å². The van der Waals surface area contributed by atoms with Gasteiger partial charge in [-0.25, -0.2) is 0 Å². The zero-order valence-corrected chi connectivity index (χ0v) is 16.5. The summed E-state index contributed by atoms with van der Waals surface area (Å²) in [4.78, 5) is 17.7. The van der Waals surface area contributed by atoms with Crippen LogP contribution in [0.2, 0.25) is 0 Å². The van der Waals surface area contributed by atoms with Crippen LogP contribution in [0.4, 0.5) is 0 Å². The molecule has 1 amide bonds. The Morgan fingerprint density at radius 1 is 1.30 bits per heavy atom. The van der Waals surface area contributed by atoms with Crippen LogP contribution in [-0.2, 0) is 24.3 Å². The van der Waals surface area contributed by atoms with Crippen molar-refractivity contribution in [3.05, 3.63) is 48.1 Å². The van der Waals surface area contributed by atoms with Crippen molar-refractivity contribution in [2.24, 2.45) is 0 Å². The summed E-state index contributed by atoms with van der Waals surface area (Å²) in [7, 11) is 0. The molecule has 0 saturated carbocycles. The summed E-state index contributed by atoms with van der Waals surface area (Å²) < 4.78 is 6.99. The number of hydrogen-bond donors (Lipinski definition) is 1. The normalized spacial score (nSPS) is 11.1. The maximum Gasteiger partial charge on any atom is 0.246 e. The predicted molar refractivity (Wildman–Crippen MR) is 104 cm³/mol. The Balaban J connectivity index is 1.50. The molecule has 0 atom stereocenters. The zero-order chi connectivity index (χ0) is 19.2. The summed E-state index contributed by atoms with van der Waals surface area (Å²) in [5, 5.41) is 11.5. The number of amides is 1. The van der Waals surface area contributed by atoms with Crippen molar-refractivity contribution in [3.8, 4) is 11.4 Å². The number of nitrogens with zero attached hydrogens (tertiary/aromatic N) is 4. The fourth-order valence-electron chi connectivity index (χ4n) is 2.48. The third-order valence-electron chi connectivity index (χ3n) is 3.78. The third-order valence-corrected chi connectivity index (χ3v) is 4.80. The molecular formula is C19H23N5O2S. The molecule has 7 nitrogen and oxygen atoms in total. The lowest BCUT2D eigenvalue weighted by molar-refractivity contribution is -0.120. The minimum atomic E-state index is -0.0854. The van der Waals surface area contributed by atoms with Gasteiger partial charge in [0.25, 0.3) is 0 Å². The molecule has 0 spiro atoms. The highest BCUT2D eigenvalue weighted by Gasteiger charge is 2.12. The first kappa shape index (κ1) is 19.2. The van der Waals surface area contributed by atoms with Crippen molar-refractivity contribution in [2.75, 3.05) is 0 Å². The van der Waals surface area contributed by atoms with Crippen molar-refractivity contribution < 1.29 is 9.32 Å². The maximum atomic E-state index is 12.1. The quantitative estimate of drug-likeness (QED) is 0.599. The van der Waals surface area contributed by atoms with Gasteiger partial charge >= 0.3 is 0 Å². The van der Waals surface area contributed by atoms with E-state index in [9.17, 15) is 4.79 Å². The largest absolute Gasteiger partial charge is 0.347 e. The molecule has 0 radical (unpaired) electrons. The van der Waals surface area contributed by atoms with Crippen molar-refractivity contribution in [1.82, 2.24) is 25.2 Å². The third kappa shape index (κ3) is 5.43. The molecule has 0 bridgehead atoms. The molecule has 2 aromatic heterocycles. The number of carbonyl (C=O) groups is 1. The van der Waals surface area contributed by atoms with E-state index in [1.807, 2.05) is 37.4 Å². The number of nitrogens with one attached hydrogen (secondary N) is 1. The Bertz CT molecular complexity index is 886. The first-order valence-electron chi connectivity index (χ1n) is 8.91. The van der Waals surface area contributed by atoms with Gasteiger partial charge in [-0.3, -0.25) is 9.48 Å². The Morgan fingerprint density at radius 3 is 2.74 bits per heavy atom. The number of carbonyl (C=O) groups excluding carboxylic acids is 1. The highest BCUT2D eigenvalue weighted by Crippen LogP contribution is 2.23. The van der Waals surface area contributed by atoms with Crippen LogP contribution in [0.15, 0.2) is 46.1 Å². The lowest BCUT2D eigenvalue weighted by Crippen LogP contribution is -2.24. The van der Waals surface area contributed by atoms with E-state index in [4.69, 9.17) is 4.52 Å². The van der Waals surface area contributed by atoms with Crippen LogP contribution in [0, 0.1) is 0 Å². The number of aryl methyl sites for hydroxylation is 1. The molecule has 0 saturated heterocycles. The first-order valence-corrected chi connectivity index (χ1v) is 9.79. The SMILES string of the molecule is CCn1cc(-c2noc(CNC(=O)Cc3ccc(SC(C)C)cc3)n2)cn1. The van der Waals surface area contributed by atoms with E-state index >= 15 is 0 Å². The van der Waals surface area contributed by atoms with Gasteiger partial charge in [0, 0.05) is 22.9 Å². The van der Waals surface area contributed by atoms with Gasteiger partial charge in [0.15, 0.2) is 0 Å². The monoisotopic (exact) mass is 385 g/mol. The summed E-state index contributed by atoms with van der Waals surface area (Å²) in [5.41, 5.74) is 1.76. The second kappa shape index (κ2) is 8.85. The van der Waals surface area contributed by atoms with Crippen LogP contribution in [0.5, 0.6) is 0 Å². The van der Waals surface area contributed by atoms with Crippen molar-refractivity contribution in [3.63, 3.8) is 0 Å². The van der Waals surface area contributed by atoms with Crippen LogP contribution in [0.25, 0.3) is 11.4 Å². The van der Waals surface area contributed by atoms with Gasteiger partial charge < -0.3 is 9.84 Å². The Kier molecular flexibility index (Phi) is 6.28. The maximum absolute atomic E-state index is 12.1. The summed E-state index contributed by atoms with van der Waals surface area (Å²) >= 11 is 1.80. The van der Waals surface area contributed by atoms with E-state index in [0.717, 1.165) is 17.7 Å². The highest BCUT2D eigenvalue weighted by atomic mass is 32.2. The fraction of sp³-hybridized carbons (Fsp3) is 0.368. The summed E-state index contributed by atoms with van der Waals surface area (Å²) in [5.74, 6) is 0.751. The average molecular weight is 385 g/mol. The van der Waals surface area contributed by atoms with Crippen LogP contribution in [0.3, 0.4) is 0 Å². The summed E-state index contributed by atoms with van der Waals surface area (Å²) in [6, 6.07) is 8.07. The number of aromatic nitrogens is 4. The van der Waals surface area contributed by atoms with E-state index in [0.29, 0.717) is 23.4 Å². The topological polar surface area (TPSA) is 85.8 Å². The van der Waals surface area contributed by atoms with E-state index in [-0.39, 0.29) is 12.5 Å². The Labute approximate surface area is 162 Å². The number of thioether (sulfide) groups is 1. The van der Waals surface area contributed by atoms with Crippen LogP contribution < -0.4 is 5.32 Å². The van der Waals surface area contributed by atoms with E-state index in [1.165, 1.54) is 4.90 Å². The van der Waals surface area contributed by atoms with Crippen LogP contribution in [-0.4, -0.2) is 31.1 Å². The van der Waals surface area contributed by atoms with Crippen molar-refractivity contribution >= 4 is 17.7 Å². The van der Waals surface area contributed by atoms with Crippen molar-refractivity contribution in [2.45, 2.75) is 50.4 Å². The molecule has 3 rings (SSSR count). The van der Waals surface area contributed by atoms with Crippen LogP contribution in [0.1, 0.15) is 32.2 Å². The van der Waals surface area contributed by atoms with Gasteiger partial charge in [-0.2, -0.15) is 10.1 Å². The molecule has 0 unspecified atom stereocenters. The molecule has 0 aliphatic rings. The smallest absolute Gasteiger partial charge is 0.246 e. The van der Waals surface area contributed by atoms with Gasteiger partial charge in [-0.1, -0.05) is 31.1 Å². The second-order valence-corrected chi connectivity index (χ2v) is 8.01. The van der Waals surface area contributed by atoms with E-state index < -0.39 is 0 Å². The minimum absolute atomic E-state index is 0.0854. The molecule has 1 aromatic carbocycles. The molecule has 2 heterocycles. The lowest BCUT2D eigenvalue weighted by Gasteiger charge is -2.06. The Hall–Kier alpha value is -2.61. The number of benzene rings is 1. The molecule has 1 N–H and O–H groups in total. The molecule has 142 valence electrons. The van der Waals surface area contributed by atoms with Gasteiger partial charge in [-0.05, 0) is 24.6 Å². The molecular weight excluding hydrogens is 362 g/mol. The molecule has 0 fully saturated rings. The van der Waals surface area contributed by atoms with E-state index in [1.54, 1.807) is 22.6 Å². The van der Waals surface area contributed by atoms with Gasteiger partial charge in [0.2, 0.25) is 17.6 Å². The number of rotatable bonds is 8. The molecule has 0 aliphatic heterocycles. The fourth-order valence-corrected chi connectivity index (χ4v) is 3.31. The summed E-state index contributed by atoms with van der Waals surface area (Å²) in [6.07, 6.45) is 3.86. The molecule has 0 aliphatic carbocycles. The average Bonchev–Trinajstić information content (AvgIpc) is 3.30. The molecule has 8 heteroatoms. The predicted octanol–water partition coefficient (Wildman–Crippen LogP) is 3.31. The molecule has 27 heavy (non-hydrogen) atoms. The standard InChI is InChI=1S/C19H23N5O2S/c1-4-24-12-15(10-21-24)19-22-18(26-23-19)11-20-17(25)9-14-5-7-16(8-6-14)27-13(2)3/h5-8,10,12-13H,4,9,11H2,1-3H3,(H,20,25). The second-order valence-electron chi connectivity index (χ2n) is 6.36. The summed E-state index contributed by atoms with van der Waals surface area (Å²) in [6.45, 7) is 7.30. The molecule has 3 aromatic rings. The number of hydrogen-bond acceptors (Lipinski definition) is 6. The first-order chi connectivity index (χ1) is 13.0. The zero-order valence-electron chi connectivity index (χ0n) is 15.7. The highest BCUT2D eigenvalue weighted by molar-refractivity contribution is 7.99. The Morgan fingerprint density at radius 2 is 2.07 bits per heavy atom. The lowest BCUT2D eigenvalue weighted by atomic mass is 10.1. The minimum Gasteiger partial charge on any atom is -0.347 e.